The van der Waals surface area contributed by atoms with Gasteiger partial charge in [-0.2, -0.15) is 0 Å². The maximum atomic E-state index is 11.3. The molecular weight excluding hydrogens is 290 g/mol. The van der Waals surface area contributed by atoms with Crippen LogP contribution in [0.1, 0.15) is 15.9 Å². The van der Waals surface area contributed by atoms with Gasteiger partial charge in [-0.1, -0.05) is 35.0 Å². The molecule has 3 rings (SSSR count). The molecule has 1 aromatic heterocycles. The zero-order chi connectivity index (χ0) is 14.8. The predicted molar refractivity (Wildman–Crippen MR) is 79.6 cm³/mol. The topological polar surface area (TPSA) is 68.0 Å². The summed E-state index contributed by atoms with van der Waals surface area (Å²) in [4.78, 5) is 11.3. The Kier molecular flexibility index (Phi) is 3.58. The Hall–Kier alpha value is -2.40. The molecular formula is C15H12ClN3O2. The van der Waals surface area contributed by atoms with Crippen LogP contribution in [0.3, 0.4) is 0 Å². The molecule has 0 amide bonds. The molecule has 0 saturated heterocycles. The van der Waals surface area contributed by atoms with Crippen LogP contribution in [0, 0.1) is 0 Å². The number of aromatic carboxylic acids is 1. The summed E-state index contributed by atoms with van der Waals surface area (Å²) >= 11 is 5.85. The number of aromatic nitrogens is 3. The van der Waals surface area contributed by atoms with Crippen molar-refractivity contribution in [3.8, 4) is 0 Å². The third kappa shape index (κ3) is 2.73. The van der Waals surface area contributed by atoms with Crippen molar-refractivity contribution in [2.45, 2.75) is 13.0 Å². The highest BCUT2D eigenvalue weighted by Crippen LogP contribution is 2.17. The highest BCUT2D eigenvalue weighted by Gasteiger charge is 2.14. The average molecular weight is 302 g/mol. The summed E-state index contributed by atoms with van der Waals surface area (Å²) in [5, 5.41) is 18.0. The van der Waals surface area contributed by atoms with Crippen molar-refractivity contribution in [2.24, 2.45) is 0 Å². The minimum Gasteiger partial charge on any atom is -0.478 e. The number of carboxylic acid groups (broad SMARTS) is 1. The van der Waals surface area contributed by atoms with Crippen molar-refractivity contribution in [2.75, 3.05) is 0 Å². The number of carboxylic acids is 1. The van der Waals surface area contributed by atoms with Gasteiger partial charge in [0, 0.05) is 11.6 Å². The van der Waals surface area contributed by atoms with Gasteiger partial charge < -0.3 is 5.11 Å². The molecule has 1 N–H and O–H groups in total. The van der Waals surface area contributed by atoms with E-state index < -0.39 is 5.97 Å². The fourth-order valence-electron chi connectivity index (χ4n) is 2.25. The number of carbonyl (C=O) groups is 1. The lowest BCUT2D eigenvalue weighted by Crippen LogP contribution is -2.07. The van der Waals surface area contributed by atoms with Crippen LogP contribution in [-0.4, -0.2) is 26.1 Å². The molecule has 5 nitrogen and oxygen atoms in total. The number of aryl methyl sites for hydroxylation is 2. The lowest BCUT2D eigenvalue weighted by Gasteiger charge is -2.05. The normalized spacial score (nSPS) is 10.9. The summed E-state index contributed by atoms with van der Waals surface area (Å²) in [6, 6.07) is 12.5. The van der Waals surface area contributed by atoms with Gasteiger partial charge >= 0.3 is 5.97 Å². The fraction of sp³-hybridized carbons (Fsp3) is 0.133. The van der Waals surface area contributed by atoms with E-state index in [2.05, 4.69) is 10.3 Å². The minimum atomic E-state index is -0.976. The third-order valence-corrected chi connectivity index (χ3v) is 3.54. The van der Waals surface area contributed by atoms with E-state index in [1.54, 1.807) is 22.9 Å². The summed E-state index contributed by atoms with van der Waals surface area (Å²) in [6.07, 6.45) is 0.726. The van der Waals surface area contributed by atoms with Crippen molar-refractivity contribution in [1.29, 1.82) is 0 Å². The minimum absolute atomic E-state index is 0.216. The van der Waals surface area contributed by atoms with Crippen LogP contribution in [0.15, 0.2) is 42.5 Å². The number of hydrogen-bond acceptors (Lipinski definition) is 3. The first-order chi connectivity index (χ1) is 10.1. The molecule has 0 bridgehead atoms. The Morgan fingerprint density at radius 3 is 2.67 bits per heavy atom. The van der Waals surface area contributed by atoms with Gasteiger partial charge in [0.05, 0.1) is 5.56 Å². The van der Waals surface area contributed by atoms with E-state index in [1.807, 2.05) is 24.3 Å². The van der Waals surface area contributed by atoms with E-state index >= 15 is 0 Å². The summed E-state index contributed by atoms with van der Waals surface area (Å²) in [5.74, 6) is -0.976. The molecule has 0 aliphatic carbocycles. The first-order valence-corrected chi connectivity index (χ1v) is 6.83. The van der Waals surface area contributed by atoms with Crippen LogP contribution in [0.5, 0.6) is 0 Å². The maximum absolute atomic E-state index is 11.3. The molecule has 0 saturated carbocycles. The average Bonchev–Trinajstić information content (AvgIpc) is 2.90. The smallest absolute Gasteiger partial charge is 0.337 e. The maximum Gasteiger partial charge on any atom is 0.337 e. The standard InChI is InChI=1S/C15H12ClN3O2/c16-11-6-4-10(5-7-11)8-9-19-14-12(15(20)21)2-1-3-13(14)17-18-19/h1-7H,8-9H2,(H,20,21). The first kappa shape index (κ1) is 13.6. The van der Waals surface area contributed by atoms with Gasteiger partial charge in [0.25, 0.3) is 0 Å². The van der Waals surface area contributed by atoms with Gasteiger partial charge in [0.15, 0.2) is 0 Å². The van der Waals surface area contributed by atoms with Crippen molar-refractivity contribution in [3.63, 3.8) is 0 Å². The van der Waals surface area contributed by atoms with Crippen LogP contribution >= 0.6 is 11.6 Å². The van der Waals surface area contributed by atoms with Crippen LogP contribution in [-0.2, 0) is 13.0 Å². The predicted octanol–water partition coefficient (Wildman–Crippen LogP) is 3.03. The van der Waals surface area contributed by atoms with Crippen molar-refractivity contribution in [3.05, 3.63) is 58.6 Å². The monoisotopic (exact) mass is 301 g/mol. The van der Waals surface area contributed by atoms with Gasteiger partial charge in [-0.25, -0.2) is 9.48 Å². The van der Waals surface area contributed by atoms with Crippen molar-refractivity contribution in [1.82, 2.24) is 15.0 Å². The van der Waals surface area contributed by atoms with Crippen molar-refractivity contribution >= 4 is 28.6 Å². The highest BCUT2D eigenvalue weighted by molar-refractivity contribution is 6.30. The lowest BCUT2D eigenvalue weighted by molar-refractivity contribution is 0.0698. The Morgan fingerprint density at radius 1 is 1.19 bits per heavy atom. The lowest BCUT2D eigenvalue weighted by atomic mass is 10.1. The fourth-order valence-corrected chi connectivity index (χ4v) is 2.37. The SMILES string of the molecule is O=C(O)c1cccc2nnn(CCc3ccc(Cl)cc3)c12. The molecule has 6 heteroatoms. The number of hydrogen-bond donors (Lipinski definition) is 1. The van der Waals surface area contributed by atoms with Gasteiger partial charge in [-0.15, -0.1) is 5.10 Å². The summed E-state index contributed by atoms with van der Waals surface area (Å²) in [5.41, 5.74) is 2.47. The molecule has 0 radical (unpaired) electrons. The Bertz CT molecular complexity index is 796. The van der Waals surface area contributed by atoms with E-state index in [-0.39, 0.29) is 5.56 Å². The van der Waals surface area contributed by atoms with E-state index in [0.29, 0.717) is 22.6 Å². The zero-order valence-corrected chi connectivity index (χ0v) is 11.8. The molecule has 0 aliphatic heterocycles. The Labute approximate surface area is 125 Å². The van der Waals surface area contributed by atoms with Gasteiger partial charge in [0.2, 0.25) is 0 Å². The van der Waals surface area contributed by atoms with Gasteiger partial charge in [-0.05, 0) is 36.2 Å². The van der Waals surface area contributed by atoms with Crippen LogP contribution in [0.2, 0.25) is 5.02 Å². The van der Waals surface area contributed by atoms with E-state index in [1.165, 1.54) is 0 Å². The van der Waals surface area contributed by atoms with Crippen molar-refractivity contribution < 1.29 is 9.90 Å². The van der Waals surface area contributed by atoms with Crippen LogP contribution in [0.4, 0.5) is 0 Å². The van der Waals surface area contributed by atoms with E-state index in [0.717, 1.165) is 12.0 Å². The van der Waals surface area contributed by atoms with Gasteiger partial charge in [-0.3, -0.25) is 0 Å². The van der Waals surface area contributed by atoms with E-state index in [9.17, 15) is 9.90 Å². The quantitative estimate of drug-likeness (QED) is 0.804. The first-order valence-electron chi connectivity index (χ1n) is 6.45. The summed E-state index contributed by atoms with van der Waals surface area (Å²) in [6.45, 7) is 0.558. The largest absolute Gasteiger partial charge is 0.478 e. The van der Waals surface area contributed by atoms with Gasteiger partial charge in [0.1, 0.15) is 11.0 Å². The number of rotatable bonds is 4. The summed E-state index contributed by atoms with van der Waals surface area (Å²) in [7, 11) is 0. The molecule has 1 heterocycles. The number of para-hydroxylation sites is 1. The molecule has 3 aromatic rings. The number of nitrogens with zero attached hydrogens (tertiary/aromatic N) is 3. The second-order valence-corrected chi connectivity index (χ2v) is 5.10. The summed E-state index contributed by atoms with van der Waals surface area (Å²) < 4.78 is 1.63. The Balaban J connectivity index is 1.90. The molecule has 0 atom stereocenters. The number of benzene rings is 2. The second kappa shape index (κ2) is 5.54. The van der Waals surface area contributed by atoms with Crippen LogP contribution in [0.25, 0.3) is 11.0 Å². The number of fused-ring (bicyclic) bond motifs is 1. The highest BCUT2D eigenvalue weighted by atomic mass is 35.5. The third-order valence-electron chi connectivity index (χ3n) is 3.29. The second-order valence-electron chi connectivity index (χ2n) is 4.67. The number of halogens is 1. The Morgan fingerprint density at radius 2 is 1.95 bits per heavy atom. The molecule has 2 aromatic carbocycles. The molecule has 0 unspecified atom stereocenters. The zero-order valence-electron chi connectivity index (χ0n) is 11.0. The molecule has 106 valence electrons. The molecule has 0 aliphatic rings. The molecule has 0 fully saturated rings. The molecule has 0 spiro atoms. The molecule has 21 heavy (non-hydrogen) atoms. The van der Waals surface area contributed by atoms with E-state index in [4.69, 9.17) is 11.6 Å². The van der Waals surface area contributed by atoms with Crippen LogP contribution < -0.4 is 0 Å².